The lowest BCUT2D eigenvalue weighted by atomic mass is 9.92. The molecule has 2 aliphatic heterocycles. The van der Waals surface area contributed by atoms with Crippen LogP contribution in [0.15, 0.2) is 48.5 Å². The smallest absolute Gasteiger partial charge is 0.227 e. The second kappa shape index (κ2) is 9.83. The van der Waals surface area contributed by atoms with E-state index in [0.29, 0.717) is 31.7 Å². The first kappa shape index (κ1) is 23.7. The Morgan fingerprint density at radius 3 is 2.48 bits per heavy atom. The van der Waals surface area contributed by atoms with Crippen molar-refractivity contribution in [3.8, 4) is 5.75 Å². The van der Waals surface area contributed by atoms with Crippen molar-refractivity contribution in [2.75, 3.05) is 25.5 Å². The Balaban J connectivity index is 1.38. The minimum absolute atomic E-state index is 0.00292. The molecule has 7 nitrogen and oxygen atoms in total. The lowest BCUT2D eigenvalue weighted by molar-refractivity contribution is -0.121. The number of benzene rings is 2. The van der Waals surface area contributed by atoms with Crippen molar-refractivity contribution in [2.45, 2.75) is 44.5 Å². The third-order valence-electron chi connectivity index (χ3n) is 6.94. The monoisotopic (exact) mass is 471 g/mol. The lowest BCUT2D eigenvalue weighted by Gasteiger charge is -2.36. The van der Waals surface area contributed by atoms with E-state index in [9.17, 15) is 13.2 Å². The fourth-order valence-electron chi connectivity index (χ4n) is 5.01. The third kappa shape index (κ3) is 5.08. The molecule has 0 bridgehead atoms. The molecule has 2 aromatic rings. The lowest BCUT2D eigenvalue weighted by Crippen LogP contribution is -2.50. The van der Waals surface area contributed by atoms with Gasteiger partial charge in [0.2, 0.25) is 15.9 Å². The second-order valence-corrected chi connectivity index (χ2v) is 10.8. The van der Waals surface area contributed by atoms with Crippen molar-refractivity contribution in [3.05, 3.63) is 59.7 Å². The molecular formula is C25H33N3O4S. The summed E-state index contributed by atoms with van der Waals surface area (Å²) in [5.74, 6) is 0.503. The first-order valence-corrected chi connectivity index (χ1v) is 13.2. The van der Waals surface area contributed by atoms with Crippen LogP contribution in [0.2, 0.25) is 0 Å². The Bertz CT molecular complexity index is 1080. The highest BCUT2D eigenvalue weighted by atomic mass is 32.2. The van der Waals surface area contributed by atoms with Crippen LogP contribution in [0.3, 0.4) is 0 Å². The molecule has 8 heteroatoms. The summed E-state index contributed by atoms with van der Waals surface area (Å²) < 4.78 is 34.1. The van der Waals surface area contributed by atoms with Gasteiger partial charge in [-0.1, -0.05) is 44.2 Å². The van der Waals surface area contributed by atoms with Crippen molar-refractivity contribution < 1.29 is 17.9 Å². The van der Waals surface area contributed by atoms with Crippen LogP contribution >= 0.6 is 0 Å². The molecule has 2 aromatic carbocycles. The molecule has 2 fully saturated rings. The molecular weight excluding hydrogens is 438 g/mol. The highest BCUT2D eigenvalue weighted by Gasteiger charge is 2.48. The van der Waals surface area contributed by atoms with Crippen LogP contribution in [-0.4, -0.2) is 45.6 Å². The van der Waals surface area contributed by atoms with E-state index in [1.54, 1.807) is 13.2 Å². The Morgan fingerprint density at radius 2 is 1.85 bits per heavy atom. The zero-order valence-electron chi connectivity index (χ0n) is 19.5. The van der Waals surface area contributed by atoms with Gasteiger partial charge in [-0.05, 0) is 42.5 Å². The van der Waals surface area contributed by atoms with Gasteiger partial charge in [-0.15, -0.1) is 0 Å². The average molecular weight is 472 g/mol. The van der Waals surface area contributed by atoms with Crippen molar-refractivity contribution in [1.29, 1.82) is 0 Å². The number of amides is 1. The predicted molar refractivity (Wildman–Crippen MR) is 129 cm³/mol. The Labute approximate surface area is 196 Å². The standard InChI is InChI=1S/C25H33N3O4S/c1-4-18-8-10-19(11-9-18)23-17(2)24(27-33(23,30)31)28-14-12-20(13-15-28)25(29)26-21-6-5-7-22(16-21)32-3/h5-11,16-17,20,23-24,27H,4,12-15H2,1-3H3,(H,26,29). The molecule has 0 aromatic heterocycles. The molecule has 33 heavy (non-hydrogen) atoms. The van der Waals surface area contributed by atoms with Gasteiger partial charge in [-0.3, -0.25) is 9.69 Å². The van der Waals surface area contributed by atoms with E-state index in [1.165, 1.54) is 5.56 Å². The molecule has 2 saturated heterocycles. The number of sulfonamides is 1. The fraction of sp³-hybridized carbons (Fsp3) is 0.480. The van der Waals surface area contributed by atoms with Crippen LogP contribution in [0.25, 0.3) is 0 Å². The summed E-state index contributed by atoms with van der Waals surface area (Å²) in [7, 11) is -1.87. The van der Waals surface area contributed by atoms with Gasteiger partial charge >= 0.3 is 0 Å². The zero-order valence-corrected chi connectivity index (χ0v) is 20.3. The summed E-state index contributed by atoms with van der Waals surface area (Å²) in [6, 6.07) is 15.2. The van der Waals surface area contributed by atoms with E-state index in [-0.39, 0.29) is 23.9 Å². The van der Waals surface area contributed by atoms with Crippen LogP contribution in [0, 0.1) is 11.8 Å². The molecule has 2 N–H and O–H groups in total. The molecule has 1 amide bonds. The first-order valence-electron chi connectivity index (χ1n) is 11.6. The summed E-state index contributed by atoms with van der Waals surface area (Å²) >= 11 is 0. The average Bonchev–Trinajstić information content (AvgIpc) is 3.07. The normalized spacial score (nSPS) is 25.6. The summed E-state index contributed by atoms with van der Waals surface area (Å²) in [5.41, 5.74) is 2.75. The third-order valence-corrected chi connectivity index (χ3v) is 8.88. The number of rotatable bonds is 6. The molecule has 0 saturated carbocycles. The quantitative estimate of drug-likeness (QED) is 0.673. The maximum Gasteiger partial charge on any atom is 0.227 e. The van der Waals surface area contributed by atoms with Gasteiger partial charge < -0.3 is 10.1 Å². The van der Waals surface area contributed by atoms with Gasteiger partial charge in [-0.25, -0.2) is 8.42 Å². The van der Waals surface area contributed by atoms with Gasteiger partial charge in [0.25, 0.3) is 0 Å². The van der Waals surface area contributed by atoms with Crippen molar-refractivity contribution in [3.63, 3.8) is 0 Å². The van der Waals surface area contributed by atoms with Gasteiger partial charge in [0.15, 0.2) is 0 Å². The molecule has 3 unspecified atom stereocenters. The number of likely N-dealkylation sites (tertiary alicyclic amines) is 1. The number of carbonyl (C=O) groups is 1. The second-order valence-electron chi connectivity index (χ2n) is 9.01. The maximum atomic E-state index is 13.0. The molecule has 2 aliphatic rings. The van der Waals surface area contributed by atoms with Crippen LogP contribution in [0.5, 0.6) is 5.75 Å². The Kier molecular flexibility index (Phi) is 7.07. The fourth-order valence-corrected chi connectivity index (χ4v) is 7.09. The number of hydrogen-bond donors (Lipinski definition) is 2. The summed E-state index contributed by atoms with van der Waals surface area (Å²) in [6.45, 7) is 5.44. The summed E-state index contributed by atoms with van der Waals surface area (Å²) in [4.78, 5) is 14.9. The number of hydrogen-bond acceptors (Lipinski definition) is 5. The topological polar surface area (TPSA) is 87.7 Å². The Morgan fingerprint density at radius 1 is 1.15 bits per heavy atom. The minimum atomic E-state index is -3.47. The number of nitrogens with zero attached hydrogens (tertiary/aromatic N) is 1. The molecule has 0 radical (unpaired) electrons. The van der Waals surface area contributed by atoms with Crippen molar-refractivity contribution in [1.82, 2.24) is 9.62 Å². The van der Waals surface area contributed by atoms with Crippen molar-refractivity contribution >= 4 is 21.6 Å². The highest BCUT2D eigenvalue weighted by molar-refractivity contribution is 7.90. The molecule has 0 aliphatic carbocycles. The number of aryl methyl sites for hydroxylation is 1. The molecule has 178 valence electrons. The van der Waals surface area contributed by atoms with Crippen molar-refractivity contribution in [2.24, 2.45) is 11.8 Å². The SMILES string of the molecule is CCc1ccc(C2C(C)C(N3CCC(C(=O)Nc4cccc(OC)c4)CC3)NS2(=O)=O)cc1. The van der Waals surface area contributed by atoms with Crippen LogP contribution < -0.4 is 14.8 Å². The minimum Gasteiger partial charge on any atom is -0.497 e. The number of methoxy groups -OCH3 is 1. The highest BCUT2D eigenvalue weighted by Crippen LogP contribution is 2.40. The van der Waals surface area contributed by atoms with E-state index < -0.39 is 15.3 Å². The Hall–Kier alpha value is -2.42. The number of anilines is 1. The molecule has 2 heterocycles. The van der Waals surface area contributed by atoms with E-state index in [4.69, 9.17) is 4.74 Å². The zero-order chi connectivity index (χ0) is 23.6. The van der Waals surface area contributed by atoms with E-state index in [0.717, 1.165) is 17.7 Å². The van der Waals surface area contributed by atoms with Gasteiger partial charge in [0, 0.05) is 36.7 Å². The predicted octanol–water partition coefficient (Wildman–Crippen LogP) is 3.54. The van der Waals surface area contributed by atoms with E-state index in [2.05, 4.69) is 21.9 Å². The van der Waals surface area contributed by atoms with Crippen LogP contribution in [0.1, 0.15) is 43.1 Å². The summed E-state index contributed by atoms with van der Waals surface area (Å²) in [6.07, 6.45) is 2.05. The molecule has 3 atom stereocenters. The molecule has 4 rings (SSSR count). The number of ether oxygens (including phenoxy) is 1. The number of nitrogens with one attached hydrogen (secondary N) is 2. The van der Waals surface area contributed by atoms with Crippen LogP contribution in [-0.2, 0) is 21.2 Å². The summed E-state index contributed by atoms with van der Waals surface area (Å²) in [5, 5.41) is 2.41. The number of carbonyl (C=O) groups excluding carboxylic acids is 1. The molecule has 0 spiro atoms. The van der Waals surface area contributed by atoms with E-state index >= 15 is 0 Å². The van der Waals surface area contributed by atoms with Gasteiger partial charge in [-0.2, -0.15) is 4.72 Å². The largest absolute Gasteiger partial charge is 0.497 e. The first-order chi connectivity index (χ1) is 15.8. The van der Waals surface area contributed by atoms with Crippen LogP contribution in [0.4, 0.5) is 5.69 Å². The maximum absolute atomic E-state index is 13.0. The van der Waals surface area contributed by atoms with E-state index in [1.807, 2.05) is 49.4 Å². The number of piperidine rings is 1. The van der Waals surface area contributed by atoms with Gasteiger partial charge in [0.05, 0.1) is 13.3 Å². The van der Waals surface area contributed by atoms with Gasteiger partial charge in [0.1, 0.15) is 11.0 Å².